The average Bonchev–Trinajstić information content (AvgIpc) is 3.17. The van der Waals surface area contributed by atoms with Crippen LogP contribution in [0.15, 0.2) is 72.8 Å². The summed E-state index contributed by atoms with van der Waals surface area (Å²) in [5.41, 5.74) is 4.37. The van der Waals surface area contributed by atoms with E-state index < -0.39 is 0 Å². The van der Waals surface area contributed by atoms with E-state index in [0.29, 0.717) is 23.7 Å². The zero-order valence-electron chi connectivity index (χ0n) is 18.0. The Bertz CT molecular complexity index is 1100. The summed E-state index contributed by atoms with van der Waals surface area (Å²) in [6.07, 6.45) is 0. The quantitative estimate of drug-likeness (QED) is 0.500. The third kappa shape index (κ3) is 4.89. The summed E-state index contributed by atoms with van der Waals surface area (Å²) < 4.78 is 5.41. The van der Waals surface area contributed by atoms with E-state index in [1.54, 1.807) is 23.9 Å². The third-order valence-corrected chi connectivity index (χ3v) is 6.33. The van der Waals surface area contributed by atoms with Crippen LogP contribution in [0.25, 0.3) is 0 Å². The van der Waals surface area contributed by atoms with Crippen LogP contribution in [0.2, 0.25) is 0 Å². The van der Waals surface area contributed by atoms with Crippen molar-refractivity contribution in [3.8, 4) is 5.75 Å². The minimum Gasteiger partial charge on any atom is -0.494 e. The molecule has 164 valence electrons. The highest BCUT2D eigenvalue weighted by Crippen LogP contribution is 2.42. The van der Waals surface area contributed by atoms with E-state index in [2.05, 4.69) is 10.6 Å². The summed E-state index contributed by atoms with van der Waals surface area (Å²) in [6.45, 7) is 4.53. The number of hydrogen-bond acceptors (Lipinski definition) is 4. The maximum absolute atomic E-state index is 12.6. The molecule has 0 spiro atoms. The molecule has 1 unspecified atom stereocenters. The third-order valence-electron chi connectivity index (χ3n) is 5.12. The van der Waals surface area contributed by atoms with E-state index in [-0.39, 0.29) is 17.3 Å². The Morgan fingerprint density at radius 3 is 2.25 bits per heavy atom. The number of ether oxygens (including phenoxy) is 1. The molecule has 0 aliphatic carbocycles. The first-order valence-electron chi connectivity index (χ1n) is 10.5. The fourth-order valence-electron chi connectivity index (χ4n) is 3.59. The number of hydrogen-bond donors (Lipinski definition) is 2. The maximum Gasteiger partial charge on any atom is 0.323 e. The second-order valence-corrected chi connectivity index (χ2v) is 8.44. The van der Waals surface area contributed by atoms with Gasteiger partial charge in [-0.1, -0.05) is 30.3 Å². The van der Waals surface area contributed by atoms with Gasteiger partial charge >= 0.3 is 6.03 Å². The molecule has 0 bridgehead atoms. The monoisotopic (exact) mass is 447 g/mol. The van der Waals surface area contributed by atoms with E-state index in [1.807, 2.05) is 79.4 Å². The summed E-state index contributed by atoms with van der Waals surface area (Å²) >= 11 is 1.61. The molecule has 1 aliphatic rings. The minimum atomic E-state index is -0.325. The first kappa shape index (κ1) is 21.8. The van der Waals surface area contributed by atoms with Crippen LogP contribution >= 0.6 is 11.8 Å². The van der Waals surface area contributed by atoms with Gasteiger partial charge < -0.3 is 15.4 Å². The summed E-state index contributed by atoms with van der Waals surface area (Å²) in [4.78, 5) is 26.8. The standard InChI is InChI=1S/C25H25N3O3S/c1-3-31-21-14-12-20(13-15-21)27-25(30)26-19-10-8-18(9-11-19)24-28(23(29)16-32-24)22-7-5-4-6-17(22)2/h4-15,24H,3,16H2,1-2H3,(H2,26,27,30). The van der Waals surface area contributed by atoms with Crippen LogP contribution in [0.1, 0.15) is 23.4 Å². The highest BCUT2D eigenvalue weighted by atomic mass is 32.2. The molecule has 1 atom stereocenters. The smallest absolute Gasteiger partial charge is 0.323 e. The predicted octanol–water partition coefficient (Wildman–Crippen LogP) is 5.82. The second-order valence-electron chi connectivity index (χ2n) is 7.37. The lowest BCUT2D eigenvalue weighted by molar-refractivity contribution is -0.115. The van der Waals surface area contributed by atoms with Crippen LogP contribution in [0.3, 0.4) is 0 Å². The molecule has 0 aromatic heterocycles. The molecule has 3 aromatic carbocycles. The molecule has 3 aromatic rings. The number of nitrogens with one attached hydrogen (secondary N) is 2. The number of carbonyl (C=O) groups is 2. The van der Waals surface area contributed by atoms with Crippen molar-refractivity contribution in [2.45, 2.75) is 19.2 Å². The van der Waals surface area contributed by atoms with Crippen LogP contribution in [-0.4, -0.2) is 24.3 Å². The summed E-state index contributed by atoms with van der Waals surface area (Å²) in [5.74, 6) is 1.31. The molecule has 3 amide bonds. The Kier molecular flexibility index (Phi) is 6.66. The summed E-state index contributed by atoms with van der Waals surface area (Å²) in [7, 11) is 0. The SMILES string of the molecule is CCOc1ccc(NC(=O)Nc2ccc(C3SCC(=O)N3c3ccccc3C)cc2)cc1. The number of anilines is 3. The van der Waals surface area contributed by atoms with Crippen molar-refractivity contribution in [1.82, 2.24) is 0 Å². The summed E-state index contributed by atoms with van der Waals surface area (Å²) in [5, 5.41) is 5.56. The van der Waals surface area contributed by atoms with Crippen molar-refractivity contribution in [2.75, 3.05) is 27.9 Å². The molecule has 1 aliphatic heterocycles. The number of nitrogens with zero attached hydrogens (tertiary/aromatic N) is 1. The molecule has 1 heterocycles. The van der Waals surface area contributed by atoms with E-state index >= 15 is 0 Å². The Morgan fingerprint density at radius 1 is 1.00 bits per heavy atom. The normalized spacial score (nSPS) is 15.5. The molecule has 0 saturated carbocycles. The molecule has 32 heavy (non-hydrogen) atoms. The number of aryl methyl sites for hydroxylation is 1. The second kappa shape index (κ2) is 9.78. The zero-order valence-corrected chi connectivity index (χ0v) is 18.8. The Hall–Kier alpha value is -3.45. The van der Waals surface area contributed by atoms with Crippen LogP contribution in [0, 0.1) is 6.92 Å². The number of amides is 3. The van der Waals surface area contributed by atoms with Gasteiger partial charge in [0, 0.05) is 17.1 Å². The molecule has 1 saturated heterocycles. The lowest BCUT2D eigenvalue weighted by Gasteiger charge is -2.26. The van der Waals surface area contributed by atoms with Crippen LogP contribution in [0.5, 0.6) is 5.75 Å². The molecular weight excluding hydrogens is 422 g/mol. The molecule has 4 rings (SSSR count). The zero-order chi connectivity index (χ0) is 22.5. The van der Waals surface area contributed by atoms with Gasteiger partial charge in [-0.3, -0.25) is 9.69 Å². The average molecular weight is 448 g/mol. The summed E-state index contributed by atoms with van der Waals surface area (Å²) in [6, 6.07) is 22.4. The van der Waals surface area contributed by atoms with Crippen LogP contribution in [0.4, 0.5) is 21.9 Å². The van der Waals surface area contributed by atoms with Crippen LogP contribution < -0.4 is 20.3 Å². The van der Waals surface area contributed by atoms with Gasteiger partial charge in [0.05, 0.1) is 12.4 Å². The Morgan fingerprint density at radius 2 is 1.62 bits per heavy atom. The number of rotatable bonds is 6. The molecule has 6 nitrogen and oxygen atoms in total. The number of carbonyl (C=O) groups excluding carboxylic acids is 2. The topological polar surface area (TPSA) is 70.7 Å². The van der Waals surface area contributed by atoms with Gasteiger partial charge in [-0.25, -0.2) is 4.79 Å². The Balaban J connectivity index is 1.42. The molecule has 1 fully saturated rings. The lowest BCUT2D eigenvalue weighted by Crippen LogP contribution is -2.28. The molecule has 2 N–H and O–H groups in total. The van der Waals surface area contributed by atoms with Crippen molar-refractivity contribution in [2.24, 2.45) is 0 Å². The van der Waals surface area contributed by atoms with Gasteiger partial charge in [-0.2, -0.15) is 0 Å². The fraction of sp³-hybridized carbons (Fsp3) is 0.200. The number of para-hydroxylation sites is 1. The predicted molar refractivity (Wildman–Crippen MR) is 131 cm³/mol. The van der Waals surface area contributed by atoms with Crippen molar-refractivity contribution in [3.63, 3.8) is 0 Å². The van der Waals surface area contributed by atoms with Crippen molar-refractivity contribution < 1.29 is 14.3 Å². The first-order chi connectivity index (χ1) is 15.5. The van der Waals surface area contributed by atoms with Gasteiger partial charge in [0.15, 0.2) is 0 Å². The highest BCUT2D eigenvalue weighted by molar-refractivity contribution is 8.00. The Labute approximate surface area is 192 Å². The fourth-order valence-corrected chi connectivity index (χ4v) is 4.76. The maximum atomic E-state index is 12.6. The molecular formula is C25H25N3O3S. The van der Waals surface area contributed by atoms with Gasteiger partial charge in [0.2, 0.25) is 5.91 Å². The lowest BCUT2D eigenvalue weighted by atomic mass is 10.1. The van der Waals surface area contributed by atoms with E-state index in [1.165, 1.54) is 0 Å². The number of benzene rings is 3. The highest BCUT2D eigenvalue weighted by Gasteiger charge is 2.34. The van der Waals surface area contributed by atoms with E-state index in [4.69, 9.17) is 4.74 Å². The van der Waals surface area contributed by atoms with Crippen molar-refractivity contribution in [1.29, 1.82) is 0 Å². The van der Waals surface area contributed by atoms with Crippen LogP contribution in [-0.2, 0) is 4.79 Å². The van der Waals surface area contributed by atoms with E-state index in [9.17, 15) is 9.59 Å². The molecule has 7 heteroatoms. The largest absolute Gasteiger partial charge is 0.494 e. The molecule has 0 radical (unpaired) electrons. The van der Waals surface area contributed by atoms with Gasteiger partial charge in [-0.05, 0) is 67.4 Å². The van der Waals surface area contributed by atoms with Gasteiger partial charge in [0.1, 0.15) is 11.1 Å². The minimum absolute atomic E-state index is 0.0877. The van der Waals surface area contributed by atoms with E-state index in [0.717, 1.165) is 22.6 Å². The van der Waals surface area contributed by atoms with Gasteiger partial charge in [-0.15, -0.1) is 11.8 Å². The number of urea groups is 1. The van der Waals surface area contributed by atoms with Gasteiger partial charge in [0.25, 0.3) is 0 Å². The van der Waals surface area contributed by atoms with Crippen molar-refractivity contribution in [3.05, 3.63) is 83.9 Å². The number of thioether (sulfide) groups is 1. The first-order valence-corrected chi connectivity index (χ1v) is 11.5. The van der Waals surface area contributed by atoms with Crippen molar-refractivity contribution >= 4 is 40.8 Å².